The summed E-state index contributed by atoms with van der Waals surface area (Å²) in [5.74, 6) is 0. The fourth-order valence-corrected chi connectivity index (χ4v) is 1.99. The summed E-state index contributed by atoms with van der Waals surface area (Å²) in [4.78, 5) is 3.14. The first kappa shape index (κ1) is 9.56. The lowest BCUT2D eigenvalue weighted by Crippen LogP contribution is -2.00. The van der Waals surface area contributed by atoms with Crippen LogP contribution in [0.4, 0.5) is 0 Å². The van der Waals surface area contributed by atoms with E-state index in [0.717, 1.165) is 35.3 Å². The van der Waals surface area contributed by atoms with Crippen LogP contribution in [0.2, 0.25) is 5.02 Å². The quantitative estimate of drug-likeness (QED) is 0.800. The minimum atomic E-state index is 0.721. The monoisotopic (exact) mass is 208 g/mol. The minimum Gasteiger partial charge on any atom is -0.360 e. The Labute approximate surface area is 88.1 Å². The number of aryl methyl sites for hydroxylation is 1. The molecule has 0 radical (unpaired) electrons. The number of hydrogen-bond donors (Lipinski definition) is 2. The average molecular weight is 209 g/mol. The highest BCUT2D eigenvalue weighted by atomic mass is 35.5. The molecule has 0 spiro atoms. The van der Waals surface area contributed by atoms with Crippen LogP contribution in [-0.2, 0) is 6.42 Å². The number of halogens is 1. The van der Waals surface area contributed by atoms with Gasteiger partial charge in [-0.2, -0.15) is 0 Å². The highest BCUT2D eigenvalue weighted by molar-refractivity contribution is 6.35. The van der Waals surface area contributed by atoms with Crippen LogP contribution in [0.25, 0.3) is 10.9 Å². The molecule has 0 saturated carbocycles. The third-order valence-electron chi connectivity index (χ3n) is 2.39. The number of nitrogens with one attached hydrogen (secondary N) is 1. The van der Waals surface area contributed by atoms with Gasteiger partial charge in [0.15, 0.2) is 0 Å². The summed E-state index contributed by atoms with van der Waals surface area (Å²) < 4.78 is 0. The van der Waals surface area contributed by atoms with Gasteiger partial charge in [-0.3, -0.25) is 0 Å². The number of aromatic amines is 1. The van der Waals surface area contributed by atoms with E-state index < -0.39 is 0 Å². The number of nitrogens with two attached hydrogens (primary N) is 1. The summed E-state index contributed by atoms with van der Waals surface area (Å²) in [5, 5.41) is 1.94. The van der Waals surface area contributed by atoms with Crippen LogP contribution in [-0.4, -0.2) is 11.5 Å². The summed E-state index contributed by atoms with van der Waals surface area (Å²) >= 11 is 6.09. The van der Waals surface area contributed by atoms with Crippen molar-refractivity contribution in [1.82, 2.24) is 4.98 Å². The number of benzene rings is 1. The van der Waals surface area contributed by atoms with Crippen molar-refractivity contribution >= 4 is 22.5 Å². The Bertz CT molecular complexity index is 434. The first-order valence-corrected chi connectivity index (χ1v) is 5.15. The number of hydrogen-bond acceptors (Lipinski definition) is 1. The van der Waals surface area contributed by atoms with E-state index in [9.17, 15) is 0 Å². The van der Waals surface area contributed by atoms with Crippen LogP contribution >= 0.6 is 11.6 Å². The SMILES string of the molecule is NCCCc1cccc2[nH]cc(Cl)c12. The number of H-pyrrole nitrogens is 1. The zero-order valence-corrected chi connectivity index (χ0v) is 8.64. The van der Waals surface area contributed by atoms with E-state index in [-0.39, 0.29) is 0 Å². The van der Waals surface area contributed by atoms with Gasteiger partial charge in [-0.25, -0.2) is 0 Å². The van der Waals surface area contributed by atoms with E-state index in [1.165, 1.54) is 5.56 Å². The largest absolute Gasteiger partial charge is 0.360 e. The van der Waals surface area contributed by atoms with Gasteiger partial charge in [0.2, 0.25) is 0 Å². The van der Waals surface area contributed by atoms with Crippen molar-refractivity contribution in [2.75, 3.05) is 6.54 Å². The zero-order valence-electron chi connectivity index (χ0n) is 7.89. The molecule has 74 valence electrons. The van der Waals surface area contributed by atoms with Gasteiger partial charge in [0.1, 0.15) is 0 Å². The molecule has 0 aliphatic heterocycles. The van der Waals surface area contributed by atoms with Crippen LogP contribution in [0.1, 0.15) is 12.0 Å². The maximum absolute atomic E-state index is 6.09. The molecule has 2 aromatic rings. The smallest absolute Gasteiger partial charge is 0.0661 e. The van der Waals surface area contributed by atoms with E-state index in [4.69, 9.17) is 17.3 Å². The topological polar surface area (TPSA) is 41.8 Å². The highest BCUT2D eigenvalue weighted by Gasteiger charge is 2.05. The normalized spacial score (nSPS) is 11.0. The van der Waals surface area contributed by atoms with Crippen molar-refractivity contribution in [3.05, 3.63) is 35.0 Å². The number of fused-ring (bicyclic) bond motifs is 1. The van der Waals surface area contributed by atoms with Crippen LogP contribution in [0.5, 0.6) is 0 Å². The van der Waals surface area contributed by atoms with Gasteiger partial charge in [-0.1, -0.05) is 23.7 Å². The van der Waals surface area contributed by atoms with Crippen LogP contribution in [0.15, 0.2) is 24.4 Å². The molecule has 1 heterocycles. The third-order valence-corrected chi connectivity index (χ3v) is 2.69. The predicted molar refractivity (Wildman–Crippen MR) is 60.7 cm³/mol. The van der Waals surface area contributed by atoms with Crippen molar-refractivity contribution in [3.8, 4) is 0 Å². The van der Waals surface area contributed by atoms with Crippen molar-refractivity contribution in [2.24, 2.45) is 5.73 Å². The molecule has 0 unspecified atom stereocenters. The predicted octanol–water partition coefficient (Wildman–Crippen LogP) is 2.71. The first-order valence-electron chi connectivity index (χ1n) is 4.77. The minimum absolute atomic E-state index is 0.721. The van der Waals surface area contributed by atoms with Gasteiger partial charge < -0.3 is 10.7 Å². The third kappa shape index (κ3) is 1.63. The number of aromatic nitrogens is 1. The summed E-state index contributed by atoms with van der Waals surface area (Å²) in [7, 11) is 0. The fourth-order valence-electron chi connectivity index (χ4n) is 1.72. The maximum atomic E-state index is 6.09. The Hall–Kier alpha value is -0.990. The van der Waals surface area contributed by atoms with Gasteiger partial charge in [-0.15, -0.1) is 0 Å². The summed E-state index contributed by atoms with van der Waals surface area (Å²) in [6, 6.07) is 6.19. The molecule has 0 bridgehead atoms. The Balaban J connectivity index is 2.46. The second-order valence-electron chi connectivity index (χ2n) is 3.37. The van der Waals surface area contributed by atoms with Crippen LogP contribution in [0, 0.1) is 0 Å². The highest BCUT2D eigenvalue weighted by Crippen LogP contribution is 2.27. The average Bonchev–Trinajstić information content (AvgIpc) is 2.58. The van der Waals surface area contributed by atoms with Crippen molar-refractivity contribution in [1.29, 1.82) is 0 Å². The van der Waals surface area contributed by atoms with Gasteiger partial charge in [-0.05, 0) is 31.0 Å². The summed E-state index contributed by atoms with van der Waals surface area (Å²) in [5.41, 5.74) is 7.87. The molecule has 0 amide bonds. The molecule has 0 aliphatic carbocycles. The van der Waals surface area contributed by atoms with E-state index in [1.54, 1.807) is 0 Å². The van der Waals surface area contributed by atoms with Gasteiger partial charge in [0.05, 0.1) is 5.02 Å². The lowest BCUT2D eigenvalue weighted by atomic mass is 10.1. The second-order valence-corrected chi connectivity index (χ2v) is 3.78. The Morgan fingerprint density at radius 2 is 2.21 bits per heavy atom. The molecule has 3 heteroatoms. The second kappa shape index (κ2) is 4.03. The van der Waals surface area contributed by atoms with E-state index >= 15 is 0 Å². The molecule has 1 aromatic heterocycles. The van der Waals surface area contributed by atoms with Crippen molar-refractivity contribution in [3.63, 3.8) is 0 Å². The molecule has 0 aliphatic rings. The van der Waals surface area contributed by atoms with Gasteiger partial charge in [0, 0.05) is 17.1 Å². The molecule has 14 heavy (non-hydrogen) atoms. The Morgan fingerprint density at radius 3 is 3.00 bits per heavy atom. The summed E-state index contributed by atoms with van der Waals surface area (Å²) in [6.07, 6.45) is 3.82. The van der Waals surface area contributed by atoms with E-state index in [2.05, 4.69) is 11.1 Å². The lowest BCUT2D eigenvalue weighted by Gasteiger charge is -2.02. The van der Waals surface area contributed by atoms with Crippen molar-refractivity contribution < 1.29 is 0 Å². The molecule has 3 N–H and O–H groups in total. The molecule has 0 saturated heterocycles. The van der Waals surface area contributed by atoms with Crippen LogP contribution in [0.3, 0.4) is 0 Å². The van der Waals surface area contributed by atoms with Crippen LogP contribution < -0.4 is 5.73 Å². The molecular formula is C11H13ClN2. The standard InChI is InChI=1S/C11H13ClN2/c12-9-7-14-10-5-1-3-8(11(9)10)4-2-6-13/h1,3,5,7,14H,2,4,6,13H2. The fraction of sp³-hybridized carbons (Fsp3) is 0.273. The molecule has 2 nitrogen and oxygen atoms in total. The molecule has 0 fully saturated rings. The molecular weight excluding hydrogens is 196 g/mol. The molecule has 2 rings (SSSR count). The lowest BCUT2D eigenvalue weighted by molar-refractivity contribution is 0.837. The summed E-state index contributed by atoms with van der Waals surface area (Å²) in [6.45, 7) is 0.721. The van der Waals surface area contributed by atoms with E-state index in [0.29, 0.717) is 0 Å². The van der Waals surface area contributed by atoms with Crippen molar-refractivity contribution in [2.45, 2.75) is 12.8 Å². The maximum Gasteiger partial charge on any atom is 0.0661 e. The van der Waals surface area contributed by atoms with E-state index in [1.807, 2.05) is 18.3 Å². The zero-order chi connectivity index (χ0) is 9.97. The van der Waals surface area contributed by atoms with Gasteiger partial charge in [0.25, 0.3) is 0 Å². The number of rotatable bonds is 3. The Kier molecular flexibility index (Phi) is 2.75. The molecule has 0 atom stereocenters. The Morgan fingerprint density at radius 1 is 1.36 bits per heavy atom. The molecule has 1 aromatic carbocycles. The first-order chi connectivity index (χ1) is 6.83. The van der Waals surface area contributed by atoms with Gasteiger partial charge >= 0.3 is 0 Å².